The van der Waals surface area contributed by atoms with Gasteiger partial charge in [0.25, 0.3) is 0 Å². The predicted molar refractivity (Wildman–Crippen MR) is 100 cm³/mol. The molecule has 2 heterocycles. The lowest BCUT2D eigenvalue weighted by atomic mass is 10.00. The van der Waals surface area contributed by atoms with Crippen molar-refractivity contribution >= 4 is 21.8 Å². The quantitative estimate of drug-likeness (QED) is 0.487. The lowest BCUT2D eigenvalue weighted by Crippen LogP contribution is -1.95. The zero-order valence-electron chi connectivity index (χ0n) is 14.1. The number of para-hydroxylation sites is 1. The molecule has 0 radical (unpaired) electrons. The van der Waals surface area contributed by atoms with Crippen molar-refractivity contribution in [2.45, 2.75) is 26.7 Å². The zero-order chi connectivity index (χ0) is 16.5. The molecule has 0 N–H and O–H groups in total. The van der Waals surface area contributed by atoms with Crippen LogP contribution in [0.15, 0.2) is 60.9 Å². The maximum atomic E-state index is 4.61. The molecule has 2 heteroatoms. The summed E-state index contributed by atoms with van der Waals surface area (Å²) in [5.74, 6) is 0. The maximum Gasteiger partial charge on any atom is 0.0891 e. The topological polar surface area (TPSA) is 25.8 Å². The van der Waals surface area contributed by atoms with Crippen molar-refractivity contribution in [2.75, 3.05) is 0 Å². The Morgan fingerprint density at radius 2 is 1.46 bits per heavy atom. The molecule has 118 valence electrons. The normalized spacial score (nSPS) is 11.2. The van der Waals surface area contributed by atoms with E-state index in [9.17, 15) is 0 Å². The number of aryl methyl sites for hydroxylation is 4. The number of hydrogen-bond acceptors (Lipinski definition) is 2. The van der Waals surface area contributed by atoms with E-state index in [-0.39, 0.29) is 0 Å². The SMILES string of the molecule is Cc1ccc(CCc2cnc3cnc4ccccc4c3c2)cc1C. The molecule has 2 nitrogen and oxygen atoms in total. The third-order valence-corrected chi connectivity index (χ3v) is 4.77. The van der Waals surface area contributed by atoms with Gasteiger partial charge in [-0.05, 0) is 61.1 Å². The van der Waals surface area contributed by atoms with Crippen molar-refractivity contribution < 1.29 is 0 Å². The average Bonchev–Trinajstić information content (AvgIpc) is 2.62. The number of benzene rings is 2. The number of hydrogen-bond donors (Lipinski definition) is 0. The van der Waals surface area contributed by atoms with Crippen LogP contribution in [0.25, 0.3) is 21.8 Å². The van der Waals surface area contributed by atoms with Crippen LogP contribution in [0.1, 0.15) is 22.3 Å². The van der Waals surface area contributed by atoms with Crippen LogP contribution in [-0.2, 0) is 12.8 Å². The molecular weight excluding hydrogens is 292 g/mol. The molecule has 0 spiro atoms. The van der Waals surface area contributed by atoms with Gasteiger partial charge >= 0.3 is 0 Å². The second-order valence-electron chi connectivity index (χ2n) is 6.47. The van der Waals surface area contributed by atoms with E-state index in [0.717, 1.165) is 23.9 Å². The van der Waals surface area contributed by atoms with E-state index in [0.29, 0.717) is 0 Å². The standard InChI is InChI=1S/C22H20N2/c1-15-7-8-17(11-16(15)2)9-10-18-12-20-19-5-3-4-6-21(19)24-14-22(20)23-13-18/h3-8,11-14H,9-10H2,1-2H3. The minimum atomic E-state index is 0.962. The van der Waals surface area contributed by atoms with Gasteiger partial charge in [0.2, 0.25) is 0 Å². The highest BCUT2D eigenvalue weighted by atomic mass is 14.7. The summed E-state index contributed by atoms with van der Waals surface area (Å²) < 4.78 is 0. The Labute approximate surface area is 142 Å². The molecule has 0 aliphatic rings. The highest BCUT2D eigenvalue weighted by Gasteiger charge is 2.05. The van der Waals surface area contributed by atoms with Crippen LogP contribution in [0.4, 0.5) is 0 Å². The summed E-state index contributed by atoms with van der Waals surface area (Å²) in [4.78, 5) is 9.10. The van der Waals surface area contributed by atoms with Crippen molar-refractivity contribution in [3.63, 3.8) is 0 Å². The molecule has 0 amide bonds. The molecule has 0 bridgehead atoms. The van der Waals surface area contributed by atoms with Crippen LogP contribution < -0.4 is 0 Å². The van der Waals surface area contributed by atoms with E-state index < -0.39 is 0 Å². The van der Waals surface area contributed by atoms with E-state index >= 15 is 0 Å². The summed E-state index contributed by atoms with van der Waals surface area (Å²) in [5.41, 5.74) is 7.36. The molecular formula is C22H20N2. The molecule has 4 aromatic rings. The van der Waals surface area contributed by atoms with Crippen LogP contribution >= 0.6 is 0 Å². The van der Waals surface area contributed by atoms with Crippen LogP contribution in [0, 0.1) is 13.8 Å². The Kier molecular flexibility index (Phi) is 3.73. The number of fused-ring (bicyclic) bond motifs is 3. The first kappa shape index (κ1) is 14.8. The van der Waals surface area contributed by atoms with E-state index in [4.69, 9.17) is 0 Å². The first-order valence-corrected chi connectivity index (χ1v) is 8.39. The second kappa shape index (κ2) is 6.04. The van der Waals surface area contributed by atoms with Gasteiger partial charge in [0.15, 0.2) is 0 Å². The molecule has 0 unspecified atom stereocenters. The molecule has 0 aliphatic heterocycles. The summed E-state index contributed by atoms with van der Waals surface area (Å²) in [5, 5.41) is 2.37. The van der Waals surface area contributed by atoms with Gasteiger partial charge in [-0.2, -0.15) is 0 Å². The van der Waals surface area contributed by atoms with Gasteiger partial charge in [-0.15, -0.1) is 0 Å². The van der Waals surface area contributed by atoms with E-state index in [1.54, 1.807) is 0 Å². The molecule has 2 aromatic carbocycles. The van der Waals surface area contributed by atoms with Gasteiger partial charge in [0, 0.05) is 17.0 Å². The Balaban J connectivity index is 1.67. The molecule has 2 aromatic heterocycles. The van der Waals surface area contributed by atoms with Crippen molar-refractivity contribution in [3.8, 4) is 0 Å². The summed E-state index contributed by atoms with van der Waals surface area (Å²) >= 11 is 0. The summed E-state index contributed by atoms with van der Waals surface area (Å²) in [6.45, 7) is 4.33. The van der Waals surface area contributed by atoms with Crippen LogP contribution in [0.2, 0.25) is 0 Å². The van der Waals surface area contributed by atoms with Gasteiger partial charge in [-0.1, -0.05) is 36.4 Å². The molecule has 4 rings (SSSR count). The second-order valence-corrected chi connectivity index (χ2v) is 6.47. The van der Waals surface area contributed by atoms with Gasteiger partial charge in [-0.25, -0.2) is 0 Å². The first-order valence-electron chi connectivity index (χ1n) is 8.39. The number of aromatic nitrogens is 2. The highest BCUT2D eigenvalue weighted by molar-refractivity contribution is 6.03. The van der Waals surface area contributed by atoms with Crippen LogP contribution in [0.5, 0.6) is 0 Å². The fraction of sp³-hybridized carbons (Fsp3) is 0.182. The van der Waals surface area contributed by atoms with E-state index in [2.05, 4.69) is 66.3 Å². The number of nitrogens with zero attached hydrogens (tertiary/aromatic N) is 2. The Bertz CT molecular complexity index is 1030. The molecule has 0 aliphatic carbocycles. The van der Waals surface area contributed by atoms with Crippen molar-refractivity contribution in [1.82, 2.24) is 9.97 Å². The molecule has 0 fully saturated rings. The largest absolute Gasteiger partial charge is 0.254 e. The van der Waals surface area contributed by atoms with Crippen molar-refractivity contribution in [2.24, 2.45) is 0 Å². The summed E-state index contributed by atoms with van der Waals surface area (Å²) in [7, 11) is 0. The van der Waals surface area contributed by atoms with Crippen LogP contribution in [0.3, 0.4) is 0 Å². The highest BCUT2D eigenvalue weighted by Crippen LogP contribution is 2.23. The van der Waals surface area contributed by atoms with Gasteiger partial charge in [-0.3, -0.25) is 9.97 Å². The Morgan fingerprint density at radius 3 is 2.33 bits per heavy atom. The number of pyridine rings is 2. The summed E-state index contributed by atoms with van der Waals surface area (Å²) in [6, 6.07) is 17.3. The third-order valence-electron chi connectivity index (χ3n) is 4.77. The van der Waals surface area contributed by atoms with Gasteiger partial charge in [0.05, 0.1) is 17.2 Å². The maximum absolute atomic E-state index is 4.61. The average molecular weight is 312 g/mol. The molecule has 0 atom stereocenters. The van der Waals surface area contributed by atoms with Crippen molar-refractivity contribution in [1.29, 1.82) is 0 Å². The fourth-order valence-corrected chi connectivity index (χ4v) is 3.17. The monoisotopic (exact) mass is 312 g/mol. The number of rotatable bonds is 3. The fourth-order valence-electron chi connectivity index (χ4n) is 3.17. The predicted octanol–water partition coefficient (Wildman–Crippen LogP) is 5.19. The van der Waals surface area contributed by atoms with E-state index in [1.165, 1.54) is 33.0 Å². The Hall–Kier alpha value is -2.74. The molecule has 0 saturated carbocycles. The zero-order valence-corrected chi connectivity index (χ0v) is 14.1. The smallest absolute Gasteiger partial charge is 0.0891 e. The van der Waals surface area contributed by atoms with Gasteiger partial charge < -0.3 is 0 Å². The van der Waals surface area contributed by atoms with Gasteiger partial charge in [0.1, 0.15) is 0 Å². The Morgan fingerprint density at radius 1 is 0.667 bits per heavy atom. The summed E-state index contributed by atoms with van der Waals surface area (Å²) in [6.07, 6.45) is 5.89. The minimum absolute atomic E-state index is 0.962. The van der Waals surface area contributed by atoms with E-state index in [1.807, 2.05) is 18.5 Å². The van der Waals surface area contributed by atoms with Crippen LogP contribution in [-0.4, -0.2) is 9.97 Å². The molecule has 0 saturated heterocycles. The third kappa shape index (κ3) is 2.76. The lowest BCUT2D eigenvalue weighted by Gasteiger charge is -2.07. The van der Waals surface area contributed by atoms with Crippen molar-refractivity contribution in [3.05, 3.63) is 83.2 Å². The molecule has 24 heavy (non-hydrogen) atoms. The lowest BCUT2D eigenvalue weighted by molar-refractivity contribution is 0.951. The first-order chi connectivity index (χ1) is 11.7. The minimum Gasteiger partial charge on any atom is -0.254 e.